The van der Waals surface area contributed by atoms with E-state index in [0.717, 1.165) is 11.3 Å². The summed E-state index contributed by atoms with van der Waals surface area (Å²) in [5, 5.41) is 0. The Kier molecular flexibility index (Phi) is 3.32. The minimum atomic E-state index is -0.361. The van der Waals surface area contributed by atoms with Crippen molar-refractivity contribution in [3.63, 3.8) is 0 Å². The molecule has 0 saturated heterocycles. The fourth-order valence-electron chi connectivity index (χ4n) is 1.72. The molecule has 1 N–H and O–H groups in total. The highest BCUT2D eigenvalue weighted by Crippen LogP contribution is 2.31. The molecule has 0 radical (unpaired) electrons. The minimum absolute atomic E-state index is 0.361. The smallest absolute Gasteiger partial charge is 0.345 e. The molecule has 94 valence electrons. The van der Waals surface area contributed by atoms with E-state index < -0.39 is 0 Å². The Morgan fingerprint density at radius 2 is 1.83 bits per heavy atom. The van der Waals surface area contributed by atoms with E-state index in [1.807, 2.05) is 19.1 Å². The lowest BCUT2D eigenvalue weighted by Gasteiger charge is -2.09. The van der Waals surface area contributed by atoms with Gasteiger partial charge in [0.25, 0.3) is 0 Å². The van der Waals surface area contributed by atoms with Gasteiger partial charge in [0.1, 0.15) is 0 Å². The largest absolute Gasteiger partial charge is 0.493 e. The summed E-state index contributed by atoms with van der Waals surface area (Å²) < 4.78 is 10.4. The van der Waals surface area contributed by atoms with E-state index in [1.165, 1.54) is 0 Å². The van der Waals surface area contributed by atoms with Crippen LogP contribution in [0.4, 0.5) is 0 Å². The van der Waals surface area contributed by atoms with Crippen LogP contribution in [0.15, 0.2) is 29.1 Å². The van der Waals surface area contributed by atoms with Crippen LogP contribution in [0.1, 0.15) is 5.69 Å². The normalized spacial score (nSPS) is 10.2. The van der Waals surface area contributed by atoms with E-state index in [4.69, 9.17) is 9.47 Å². The quantitative estimate of drug-likeness (QED) is 0.896. The van der Waals surface area contributed by atoms with Crippen LogP contribution >= 0.6 is 0 Å². The van der Waals surface area contributed by atoms with Gasteiger partial charge in [0.2, 0.25) is 0 Å². The van der Waals surface area contributed by atoms with Crippen molar-refractivity contribution < 1.29 is 9.47 Å². The number of benzene rings is 1. The molecule has 5 nitrogen and oxygen atoms in total. The van der Waals surface area contributed by atoms with Gasteiger partial charge in [0, 0.05) is 11.3 Å². The molecule has 0 aliphatic rings. The van der Waals surface area contributed by atoms with Crippen molar-refractivity contribution in [1.29, 1.82) is 0 Å². The van der Waals surface area contributed by atoms with Crippen LogP contribution in [0.5, 0.6) is 11.5 Å². The van der Waals surface area contributed by atoms with Gasteiger partial charge < -0.3 is 14.5 Å². The first-order valence-corrected chi connectivity index (χ1v) is 5.44. The molecular formula is C13H14N2O3. The standard InChI is InChI=1S/C13H14N2O3/c1-8-6-10(15-13(16)14-8)9-4-5-11(17-2)12(7-9)18-3/h4-7H,1-3H3,(H,14,15,16). The van der Waals surface area contributed by atoms with Gasteiger partial charge in [-0.3, -0.25) is 0 Å². The molecule has 2 rings (SSSR count). The molecule has 1 aromatic heterocycles. The second kappa shape index (κ2) is 4.91. The SMILES string of the molecule is COc1ccc(-c2cc(C)[nH]c(=O)n2)cc1OC. The fourth-order valence-corrected chi connectivity index (χ4v) is 1.72. The van der Waals surface area contributed by atoms with Crippen LogP contribution in [0.3, 0.4) is 0 Å². The highest BCUT2D eigenvalue weighted by Gasteiger charge is 2.07. The zero-order valence-corrected chi connectivity index (χ0v) is 10.5. The highest BCUT2D eigenvalue weighted by atomic mass is 16.5. The average Bonchev–Trinajstić information content (AvgIpc) is 2.36. The number of nitrogens with zero attached hydrogens (tertiary/aromatic N) is 1. The number of aryl methyl sites for hydroxylation is 1. The summed E-state index contributed by atoms with van der Waals surface area (Å²) in [7, 11) is 3.14. The van der Waals surface area contributed by atoms with Crippen molar-refractivity contribution in [2.75, 3.05) is 14.2 Å². The van der Waals surface area contributed by atoms with Gasteiger partial charge in [-0.2, -0.15) is 4.98 Å². The van der Waals surface area contributed by atoms with Crippen LogP contribution in [0.2, 0.25) is 0 Å². The molecule has 0 saturated carbocycles. The topological polar surface area (TPSA) is 64.2 Å². The minimum Gasteiger partial charge on any atom is -0.493 e. The molecule has 0 bridgehead atoms. The molecule has 1 aromatic carbocycles. The Morgan fingerprint density at radius 3 is 2.44 bits per heavy atom. The molecule has 5 heteroatoms. The van der Waals surface area contributed by atoms with Gasteiger partial charge in [-0.1, -0.05) is 0 Å². The number of hydrogen-bond acceptors (Lipinski definition) is 4. The van der Waals surface area contributed by atoms with E-state index in [9.17, 15) is 4.79 Å². The second-order valence-electron chi connectivity index (χ2n) is 3.82. The lowest BCUT2D eigenvalue weighted by atomic mass is 10.1. The third-order valence-electron chi connectivity index (χ3n) is 2.56. The van der Waals surface area contributed by atoms with Crippen LogP contribution in [-0.4, -0.2) is 24.2 Å². The number of H-pyrrole nitrogens is 1. The number of methoxy groups -OCH3 is 2. The van der Waals surface area contributed by atoms with Gasteiger partial charge >= 0.3 is 5.69 Å². The zero-order chi connectivity index (χ0) is 13.1. The van der Waals surface area contributed by atoms with Crippen molar-refractivity contribution in [3.05, 3.63) is 40.4 Å². The average molecular weight is 246 g/mol. The van der Waals surface area contributed by atoms with E-state index >= 15 is 0 Å². The summed E-state index contributed by atoms with van der Waals surface area (Å²) in [4.78, 5) is 17.9. The fraction of sp³-hybridized carbons (Fsp3) is 0.231. The van der Waals surface area contributed by atoms with Crippen molar-refractivity contribution in [1.82, 2.24) is 9.97 Å². The Labute approximate surface area is 104 Å². The summed E-state index contributed by atoms with van der Waals surface area (Å²) in [6, 6.07) is 7.22. The maximum Gasteiger partial charge on any atom is 0.345 e. The first-order valence-electron chi connectivity index (χ1n) is 5.44. The molecule has 0 unspecified atom stereocenters. The molecule has 0 atom stereocenters. The van der Waals surface area contributed by atoms with E-state index in [1.54, 1.807) is 26.4 Å². The zero-order valence-electron chi connectivity index (χ0n) is 10.5. The highest BCUT2D eigenvalue weighted by molar-refractivity contribution is 5.63. The Hall–Kier alpha value is -2.30. The number of aromatic nitrogens is 2. The monoisotopic (exact) mass is 246 g/mol. The number of rotatable bonds is 3. The van der Waals surface area contributed by atoms with Crippen LogP contribution < -0.4 is 15.2 Å². The number of aromatic amines is 1. The predicted octanol–water partition coefficient (Wildman–Crippen LogP) is 1.76. The first-order chi connectivity index (χ1) is 8.63. The van der Waals surface area contributed by atoms with Crippen molar-refractivity contribution >= 4 is 0 Å². The Morgan fingerprint density at radius 1 is 1.11 bits per heavy atom. The van der Waals surface area contributed by atoms with Gasteiger partial charge in [-0.15, -0.1) is 0 Å². The second-order valence-corrected chi connectivity index (χ2v) is 3.82. The van der Waals surface area contributed by atoms with Gasteiger partial charge in [-0.25, -0.2) is 4.79 Å². The molecule has 0 fully saturated rings. The van der Waals surface area contributed by atoms with Crippen molar-refractivity contribution in [3.8, 4) is 22.8 Å². The lowest BCUT2D eigenvalue weighted by Crippen LogP contribution is -2.11. The third kappa shape index (κ3) is 2.34. The van der Waals surface area contributed by atoms with Crippen molar-refractivity contribution in [2.24, 2.45) is 0 Å². The number of hydrogen-bond donors (Lipinski definition) is 1. The van der Waals surface area contributed by atoms with Crippen LogP contribution in [0.25, 0.3) is 11.3 Å². The molecule has 0 spiro atoms. The Bertz CT molecular complexity index is 620. The van der Waals surface area contributed by atoms with Crippen LogP contribution in [-0.2, 0) is 0 Å². The summed E-state index contributed by atoms with van der Waals surface area (Å²) in [6.45, 7) is 1.81. The maximum absolute atomic E-state index is 11.3. The van der Waals surface area contributed by atoms with Crippen LogP contribution in [0, 0.1) is 6.92 Å². The maximum atomic E-state index is 11.3. The first kappa shape index (κ1) is 12.2. The van der Waals surface area contributed by atoms with E-state index in [0.29, 0.717) is 17.2 Å². The molecule has 0 amide bonds. The Balaban J connectivity index is 2.54. The molecule has 1 heterocycles. The molecule has 0 aliphatic heterocycles. The van der Waals surface area contributed by atoms with E-state index in [-0.39, 0.29) is 5.69 Å². The van der Waals surface area contributed by atoms with Gasteiger partial charge in [-0.05, 0) is 31.2 Å². The molecule has 18 heavy (non-hydrogen) atoms. The van der Waals surface area contributed by atoms with Crippen molar-refractivity contribution in [2.45, 2.75) is 6.92 Å². The predicted molar refractivity (Wildman–Crippen MR) is 68.1 cm³/mol. The summed E-state index contributed by atoms with van der Waals surface area (Å²) in [5.74, 6) is 1.25. The summed E-state index contributed by atoms with van der Waals surface area (Å²) in [5.41, 5.74) is 1.82. The number of ether oxygens (including phenoxy) is 2. The van der Waals surface area contributed by atoms with Gasteiger partial charge in [0.15, 0.2) is 11.5 Å². The molecule has 2 aromatic rings. The van der Waals surface area contributed by atoms with E-state index in [2.05, 4.69) is 9.97 Å². The third-order valence-corrected chi connectivity index (χ3v) is 2.56. The molecular weight excluding hydrogens is 232 g/mol. The lowest BCUT2D eigenvalue weighted by molar-refractivity contribution is 0.355. The molecule has 0 aliphatic carbocycles. The summed E-state index contributed by atoms with van der Waals surface area (Å²) in [6.07, 6.45) is 0. The van der Waals surface area contributed by atoms with Gasteiger partial charge in [0.05, 0.1) is 19.9 Å². The number of nitrogens with one attached hydrogen (secondary N) is 1. The summed E-state index contributed by atoms with van der Waals surface area (Å²) >= 11 is 0.